The van der Waals surface area contributed by atoms with Gasteiger partial charge >= 0.3 is 6.09 Å². The minimum Gasteiger partial charge on any atom is -0.444 e. The lowest BCUT2D eigenvalue weighted by Crippen LogP contribution is -2.36. The second kappa shape index (κ2) is 5.26. The molecule has 1 rings (SSSR count). The van der Waals surface area contributed by atoms with Crippen LogP contribution in [0.15, 0.2) is 4.60 Å². The van der Waals surface area contributed by atoms with Crippen LogP contribution in [0.4, 0.5) is 4.79 Å². The fourth-order valence-electron chi connectivity index (χ4n) is 1.19. The van der Waals surface area contributed by atoms with Crippen molar-refractivity contribution in [3.05, 3.63) is 10.3 Å². The summed E-state index contributed by atoms with van der Waals surface area (Å²) in [6, 6.07) is -1.25. The predicted molar refractivity (Wildman–Crippen MR) is 71.1 cm³/mol. The van der Waals surface area contributed by atoms with Crippen LogP contribution in [0.25, 0.3) is 0 Å². The minimum atomic E-state index is -2.47. The fourth-order valence-corrected chi connectivity index (χ4v) is 1.71. The Morgan fingerprint density at radius 1 is 1.56 bits per heavy atom. The lowest BCUT2D eigenvalue weighted by molar-refractivity contribution is 0.0230. The molecule has 0 aromatic carbocycles. The zero-order valence-electron chi connectivity index (χ0n) is 14.1. The molecule has 0 N–H and O–H groups in total. The van der Waals surface area contributed by atoms with Crippen LogP contribution in [0.3, 0.4) is 0 Å². The number of amides is 1. The maximum Gasteiger partial charge on any atom is 0.410 e. The van der Waals surface area contributed by atoms with Gasteiger partial charge in [0.15, 0.2) is 4.60 Å². The van der Waals surface area contributed by atoms with Gasteiger partial charge in [0.05, 0.1) is 6.04 Å². The quantitative estimate of drug-likeness (QED) is 0.839. The largest absolute Gasteiger partial charge is 0.444 e. The maximum atomic E-state index is 12.1. The topological polar surface area (TPSA) is 60.2 Å². The highest BCUT2D eigenvalue weighted by atomic mass is 79.9. The van der Waals surface area contributed by atoms with Crippen molar-refractivity contribution in [1.82, 2.24) is 19.9 Å². The van der Waals surface area contributed by atoms with Crippen molar-refractivity contribution >= 4 is 22.0 Å². The standard InChI is InChI=1S/C11H19BrN4O2/c1-7(8-9(12)14-16(6)13-8)15(5)10(17)18-11(2,3)4/h7H,1-6H3/i1D3. The molecule has 1 unspecified atom stereocenters. The van der Waals surface area contributed by atoms with Crippen LogP contribution < -0.4 is 0 Å². The van der Waals surface area contributed by atoms with Gasteiger partial charge in [-0.05, 0) is 43.6 Å². The number of nitrogens with zero attached hydrogens (tertiary/aromatic N) is 4. The smallest absolute Gasteiger partial charge is 0.410 e. The van der Waals surface area contributed by atoms with Crippen LogP contribution in [0.5, 0.6) is 0 Å². The molecule has 0 spiro atoms. The van der Waals surface area contributed by atoms with Gasteiger partial charge in [0, 0.05) is 18.2 Å². The lowest BCUT2D eigenvalue weighted by Gasteiger charge is -2.27. The zero-order chi connectivity index (χ0) is 16.6. The molecule has 0 aliphatic heterocycles. The first-order valence-corrected chi connectivity index (χ1v) is 6.15. The number of ether oxygens (including phenoxy) is 1. The molecule has 1 atom stereocenters. The Bertz CT molecular complexity index is 525. The molecule has 18 heavy (non-hydrogen) atoms. The van der Waals surface area contributed by atoms with Gasteiger partial charge in [0.1, 0.15) is 11.3 Å². The van der Waals surface area contributed by atoms with Gasteiger partial charge in [-0.25, -0.2) is 4.79 Å². The third kappa shape index (κ3) is 3.69. The summed E-state index contributed by atoms with van der Waals surface area (Å²) >= 11 is 3.17. The Labute approximate surface area is 120 Å². The van der Waals surface area contributed by atoms with Gasteiger partial charge in [0.2, 0.25) is 0 Å². The summed E-state index contributed by atoms with van der Waals surface area (Å²) in [4.78, 5) is 14.4. The van der Waals surface area contributed by atoms with E-state index in [0.29, 0.717) is 0 Å². The zero-order valence-corrected chi connectivity index (χ0v) is 12.6. The molecule has 6 nitrogen and oxygen atoms in total. The highest BCUT2D eigenvalue weighted by molar-refractivity contribution is 9.10. The maximum absolute atomic E-state index is 12.1. The first-order valence-electron chi connectivity index (χ1n) is 6.85. The van der Waals surface area contributed by atoms with Gasteiger partial charge in [-0.3, -0.25) is 0 Å². The van der Waals surface area contributed by atoms with Crippen molar-refractivity contribution in [2.75, 3.05) is 7.05 Å². The molecular formula is C11H19BrN4O2. The molecule has 0 saturated carbocycles. The van der Waals surface area contributed by atoms with Gasteiger partial charge < -0.3 is 9.64 Å². The van der Waals surface area contributed by atoms with Crippen LogP contribution in [-0.4, -0.2) is 38.6 Å². The number of aromatic nitrogens is 3. The summed E-state index contributed by atoms with van der Waals surface area (Å²) in [5.74, 6) is 0. The van der Waals surface area contributed by atoms with E-state index in [1.165, 1.54) is 11.8 Å². The molecule has 0 bridgehead atoms. The van der Waals surface area contributed by atoms with Crippen molar-refractivity contribution in [2.45, 2.75) is 39.3 Å². The van der Waals surface area contributed by atoms with Crippen molar-refractivity contribution in [3.8, 4) is 0 Å². The lowest BCUT2D eigenvalue weighted by atomic mass is 10.2. The van der Waals surface area contributed by atoms with E-state index >= 15 is 0 Å². The van der Waals surface area contributed by atoms with Crippen LogP contribution >= 0.6 is 15.9 Å². The third-order valence-corrected chi connectivity index (χ3v) is 2.59. The van der Waals surface area contributed by atoms with E-state index in [1.807, 2.05) is 0 Å². The van der Waals surface area contributed by atoms with Crippen molar-refractivity contribution in [1.29, 1.82) is 0 Å². The van der Waals surface area contributed by atoms with Crippen LogP contribution in [0, 0.1) is 0 Å². The van der Waals surface area contributed by atoms with Crippen molar-refractivity contribution in [2.24, 2.45) is 7.05 Å². The summed E-state index contributed by atoms with van der Waals surface area (Å²) in [6.45, 7) is 2.66. The molecule has 7 heteroatoms. The Hall–Kier alpha value is -1.11. The summed E-state index contributed by atoms with van der Waals surface area (Å²) in [6.07, 6.45) is -0.735. The SMILES string of the molecule is [2H]C([2H])([2H])C(c1nn(C)nc1Br)N(C)C(=O)OC(C)(C)C. The first kappa shape index (κ1) is 10.8. The summed E-state index contributed by atoms with van der Waals surface area (Å²) in [5.41, 5.74) is -0.560. The van der Waals surface area contributed by atoms with E-state index in [9.17, 15) is 4.79 Å². The molecule has 0 aliphatic carbocycles. The molecule has 102 valence electrons. The highest BCUT2D eigenvalue weighted by Gasteiger charge is 2.26. The molecule has 1 amide bonds. The van der Waals surface area contributed by atoms with Crippen LogP contribution in [0.2, 0.25) is 0 Å². The minimum absolute atomic E-state index is 0.158. The van der Waals surface area contributed by atoms with E-state index in [4.69, 9.17) is 8.85 Å². The summed E-state index contributed by atoms with van der Waals surface area (Å²) in [5, 5.41) is 7.98. The van der Waals surface area contributed by atoms with E-state index in [2.05, 4.69) is 26.1 Å². The Morgan fingerprint density at radius 3 is 2.56 bits per heavy atom. The highest BCUT2D eigenvalue weighted by Crippen LogP contribution is 2.24. The third-order valence-electron chi connectivity index (χ3n) is 2.02. The van der Waals surface area contributed by atoms with E-state index in [0.717, 1.165) is 4.90 Å². The molecule has 0 radical (unpaired) electrons. The van der Waals surface area contributed by atoms with Gasteiger partial charge in [-0.2, -0.15) is 9.90 Å². The molecule has 0 fully saturated rings. The monoisotopic (exact) mass is 321 g/mol. The van der Waals surface area contributed by atoms with E-state index in [1.54, 1.807) is 27.8 Å². The average Bonchev–Trinajstić information content (AvgIpc) is 2.53. The number of carbonyl (C=O) groups excluding carboxylic acids is 1. The van der Waals surface area contributed by atoms with E-state index in [-0.39, 0.29) is 10.3 Å². The second-order valence-electron chi connectivity index (χ2n) is 4.86. The fraction of sp³-hybridized carbons (Fsp3) is 0.727. The summed E-state index contributed by atoms with van der Waals surface area (Å²) in [7, 11) is 2.94. The second-order valence-corrected chi connectivity index (χ2v) is 5.61. The Morgan fingerprint density at radius 2 is 2.17 bits per heavy atom. The van der Waals surface area contributed by atoms with Crippen molar-refractivity contribution in [3.63, 3.8) is 0 Å². The van der Waals surface area contributed by atoms with Crippen LogP contribution in [0.1, 0.15) is 43.5 Å². The molecule has 1 aromatic rings. The normalized spacial score (nSPS) is 16.4. The Kier molecular flexibility index (Phi) is 3.15. The summed E-state index contributed by atoms with van der Waals surface area (Å²) < 4.78 is 28.5. The number of halogens is 1. The first-order chi connectivity index (χ1) is 9.33. The van der Waals surface area contributed by atoms with Crippen molar-refractivity contribution < 1.29 is 13.6 Å². The number of hydrogen-bond acceptors (Lipinski definition) is 4. The molecule has 0 aliphatic rings. The molecule has 1 aromatic heterocycles. The predicted octanol–water partition coefficient (Wildman–Crippen LogP) is 2.51. The van der Waals surface area contributed by atoms with Gasteiger partial charge in [-0.15, -0.1) is 5.10 Å². The number of rotatable bonds is 2. The number of carbonyl (C=O) groups is 1. The number of hydrogen-bond donors (Lipinski definition) is 0. The van der Waals surface area contributed by atoms with Gasteiger partial charge in [0.25, 0.3) is 0 Å². The van der Waals surface area contributed by atoms with E-state index < -0.39 is 24.6 Å². The van der Waals surface area contributed by atoms with Crippen LogP contribution in [-0.2, 0) is 11.8 Å². The molecule has 1 heterocycles. The molecule has 0 saturated heterocycles. The Balaban J connectivity index is 3.16. The molecular weight excluding hydrogens is 300 g/mol. The van der Waals surface area contributed by atoms with Gasteiger partial charge in [-0.1, -0.05) is 0 Å². The number of aryl methyl sites for hydroxylation is 1. The average molecular weight is 322 g/mol.